The van der Waals surface area contributed by atoms with Crippen LogP contribution in [0.15, 0.2) is 0 Å². The summed E-state index contributed by atoms with van der Waals surface area (Å²) >= 11 is 0. The zero-order valence-corrected chi connectivity index (χ0v) is 14.5. The van der Waals surface area contributed by atoms with E-state index in [2.05, 4.69) is 13.8 Å². The lowest BCUT2D eigenvalue weighted by Crippen LogP contribution is -2.00. The maximum Gasteiger partial charge on any atom is 0.0841 e. The molecule has 1 N–H and O–H groups in total. The fourth-order valence-electron chi connectivity index (χ4n) is 3.10. The van der Waals surface area contributed by atoms with E-state index >= 15 is 0 Å². The van der Waals surface area contributed by atoms with Gasteiger partial charge in [0.25, 0.3) is 0 Å². The fraction of sp³-hybridized carbons (Fsp3) is 1.00. The predicted molar refractivity (Wildman–Crippen MR) is 90.6 cm³/mol. The minimum absolute atomic E-state index is 0.340. The summed E-state index contributed by atoms with van der Waals surface area (Å²) in [6.07, 6.45) is 18.5. The summed E-state index contributed by atoms with van der Waals surface area (Å²) in [4.78, 5) is 0. The summed E-state index contributed by atoms with van der Waals surface area (Å²) in [5.41, 5.74) is 0. The van der Waals surface area contributed by atoms with Gasteiger partial charge in [-0.3, -0.25) is 0 Å². The number of unbranched alkanes of at least 4 members (excludes halogenated alkanes) is 8. The van der Waals surface area contributed by atoms with Crippen molar-refractivity contribution >= 4 is 0 Å². The molecule has 1 saturated heterocycles. The van der Waals surface area contributed by atoms with E-state index in [4.69, 9.17) is 9.84 Å². The molecule has 21 heavy (non-hydrogen) atoms. The van der Waals surface area contributed by atoms with E-state index in [0.29, 0.717) is 24.7 Å². The molecule has 0 saturated carbocycles. The van der Waals surface area contributed by atoms with Crippen molar-refractivity contribution in [1.82, 2.24) is 0 Å². The van der Waals surface area contributed by atoms with E-state index in [1.807, 2.05) is 0 Å². The molecule has 1 aliphatic heterocycles. The molecule has 0 aliphatic carbocycles. The van der Waals surface area contributed by atoms with Crippen molar-refractivity contribution in [3.8, 4) is 0 Å². The molecule has 126 valence electrons. The zero-order valence-electron chi connectivity index (χ0n) is 14.5. The van der Waals surface area contributed by atoms with Gasteiger partial charge < -0.3 is 9.84 Å². The number of epoxide rings is 1. The van der Waals surface area contributed by atoms with Crippen LogP contribution in [-0.4, -0.2) is 23.9 Å². The molecule has 2 heteroatoms. The quantitative estimate of drug-likeness (QED) is 0.321. The lowest BCUT2D eigenvalue weighted by atomic mass is 10.0. The second-order valence-corrected chi connectivity index (χ2v) is 7.05. The van der Waals surface area contributed by atoms with Gasteiger partial charge in [-0.1, -0.05) is 78.1 Å². The van der Waals surface area contributed by atoms with Crippen LogP contribution in [-0.2, 0) is 4.74 Å². The van der Waals surface area contributed by atoms with Crippen LogP contribution in [0.3, 0.4) is 0 Å². The molecule has 1 aliphatic rings. The molecule has 0 aromatic heterocycles. The van der Waals surface area contributed by atoms with Crippen LogP contribution in [0.5, 0.6) is 0 Å². The maximum absolute atomic E-state index is 8.97. The summed E-state index contributed by atoms with van der Waals surface area (Å²) in [7, 11) is 0. The van der Waals surface area contributed by atoms with E-state index in [1.165, 1.54) is 83.5 Å². The third-order valence-electron chi connectivity index (χ3n) is 4.78. The van der Waals surface area contributed by atoms with Crippen LogP contribution in [0.1, 0.15) is 97.3 Å². The van der Waals surface area contributed by atoms with Gasteiger partial charge in [-0.2, -0.15) is 0 Å². The van der Waals surface area contributed by atoms with E-state index in [-0.39, 0.29) is 0 Å². The Morgan fingerprint density at radius 1 is 0.810 bits per heavy atom. The first-order valence-electron chi connectivity index (χ1n) is 9.54. The Morgan fingerprint density at radius 3 is 1.90 bits per heavy atom. The number of aliphatic hydroxyl groups excluding tert-OH is 1. The third-order valence-corrected chi connectivity index (χ3v) is 4.78. The van der Waals surface area contributed by atoms with Crippen LogP contribution in [0.4, 0.5) is 0 Å². The van der Waals surface area contributed by atoms with Crippen LogP contribution in [0, 0.1) is 5.92 Å². The van der Waals surface area contributed by atoms with Gasteiger partial charge >= 0.3 is 0 Å². The van der Waals surface area contributed by atoms with Gasteiger partial charge in [0, 0.05) is 6.61 Å². The molecular formula is C19H38O2. The lowest BCUT2D eigenvalue weighted by molar-refractivity contribution is 0.227. The smallest absolute Gasteiger partial charge is 0.0841 e. The lowest BCUT2D eigenvalue weighted by Gasteiger charge is -2.06. The second kappa shape index (κ2) is 12.5. The van der Waals surface area contributed by atoms with Crippen molar-refractivity contribution in [2.75, 3.05) is 6.61 Å². The largest absolute Gasteiger partial charge is 0.396 e. The molecule has 0 spiro atoms. The van der Waals surface area contributed by atoms with Crippen molar-refractivity contribution in [2.24, 2.45) is 5.92 Å². The molecule has 1 fully saturated rings. The molecule has 0 aromatic carbocycles. The Balaban J connectivity index is 1.78. The van der Waals surface area contributed by atoms with Crippen molar-refractivity contribution in [2.45, 2.75) is 110 Å². The molecule has 0 amide bonds. The van der Waals surface area contributed by atoms with Crippen molar-refractivity contribution in [3.05, 3.63) is 0 Å². The van der Waals surface area contributed by atoms with Crippen molar-refractivity contribution in [3.63, 3.8) is 0 Å². The Hall–Kier alpha value is -0.0800. The monoisotopic (exact) mass is 298 g/mol. The first-order chi connectivity index (χ1) is 10.3. The highest BCUT2D eigenvalue weighted by molar-refractivity contribution is 4.84. The van der Waals surface area contributed by atoms with Crippen LogP contribution < -0.4 is 0 Å². The van der Waals surface area contributed by atoms with Gasteiger partial charge in [0.15, 0.2) is 0 Å². The topological polar surface area (TPSA) is 32.8 Å². The van der Waals surface area contributed by atoms with Gasteiger partial charge in [0.05, 0.1) is 12.2 Å². The number of aliphatic hydroxyl groups is 1. The zero-order chi connectivity index (χ0) is 15.3. The highest BCUT2D eigenvalue weighted by Crippen LogP contribution is 2.31. The summed E-state index contributed by atoms with van der Waals surface area (Å²) in [5.74, 6) is 0.479. The van der Waals surface area contributed by atoms with Crippen LogP contribution >= 0.6 is 0 Å². The summed E-state index contributed by atoms with van der Waals surface area (Å²) < 4.78 is 5.77. The van der Waals surface area contributed by atoms with Gasteiger partial charge in [-0.15, -0.1) is 0 Å². The molecule has 3 atom stereocenters. The Morgan fingerprint density at radius 2 is 1.33 bits per heavy atom. The number of hydrogen-bond acceptors (Lipinski definition) is 2. The fourth-order valence-corrected chi connectivity index (χ4v) is 3.10. The second-order valence-electron chi connectivity index (χ2n) is 7.05. The standard InChI is InChI=1S/C19H38O2/c1-3-4-5-6-7-8-11-14-18-19(21-18)15-12-9-10-13-17(2)16-20/h17-20H,3-16H2,1-2H3. The van der Waals surface area contributed by atoms with E-state index < -0.39 is 0 Å². The highest BCUT2D eigenvalue weighted by Gasteiger charge is 2.36. The van der Waals surface area contributed by atoms with Crippen molar-refractivity contribution < 1.29 is 9.84 Å². The minimum Gasteiger partial charge on any atom is -0.396 e. The van der Waals surface area contributed by atoms with E-state index in [0.717, 1.165) is 0 Å². The molecule has 1 rings (SSSR count). The van der Waals surface area contributed by atoms with E-state index in [1.54, 1.807) is 0 Å². The predicted octanol–water partition coefficient (Wildman–Crippen LogP) is 5.47. The highest BCUT2D eigenvalue weighted by atomic mass is 16.6. The minimum atomic E-state index is 0.340. The molecule has 0 radical (unpaired) electrons. The first kappa shape index (κ1) is 19.0. The number of ether oxygens (including phenoxy) is 1. The molecule has 2 nitrogen and oxygen atoms in total. The van der Waals surface area contributed by atoms with Gasteiger partial charge in [-0.25, -0.2) is 0 Å². The van der Waals surface area contributed by atoms with Crippen molar-refractivity contribution in [1.29, 1.82) is 0 Å². The summed E-state index contributed by atoms with van der Waals surface area (Å²) in [6, 6.07) is 0. The van der Waals surface area contributed by atoms with Gasteiger partial charge in [-0.05, 0) is 25.2 Å². The molecule has 0 bridgehead atoms. The molecule has 0 aromatic rings. The van der Waals surface area contributed by atoms with Crippen LogP contribution in [0.25, 0.3) is 0 Å². The summed E-state index contributed by atoms with van der Waals surface area (Å²) in [6.45, 7) is 4.74. The maximum atomic E-state index is 8.97. The number of rotatable bonds is 15. The van der Waals surface area contributed by atoms with E-state index in [9.17, 15) is 0 Å². The molecular weight excluding hydrogens is 260 g/mol. The summed E-state index contributed by atoms with van der Waals surface area (Å²) in [5, 5.41) is 8.97. The number of hydrogen-bond donors (Lipinski definition) is 1. The first-order valence-corrected chi connectivity index (χ1v) is 9.54. The average molecular weight is 299 g/mol. The van der Waals surface area contributed by atoms with Gasteiger partial charge in [0.1, 0.15) is 0 Å². The molecule has 3 unspecified atom stereocenters. The Labute approximate surface area is 132 Å². The van der Waals surface area contributed by atoms with Crippen LogP contribution in [0.2, 0.25) is 0 Å². The average Bonchev–Trinajstić information content (AvgIpc) is 3.24. The third kappa shape index (κ3) is 10.3. The Kier molecular flexibility index (Phi) is 11.3. The SMILES string of the molecule is CCCCCCCCCC1OC1CCCCCC(C)CO. The molecule has 1 heterocycles. The normalized spacial score (nSPS) is 22.4. The Bertz CT molecular complexity index is 230. The van der Waals surface area contributed by atoms with Gasteiger partial charge in [0.2, 0.25) is 0 Å².